The number of aromatic nitrogens is 5. The van der Waals surface area contributed by atoms with E-state index in [-0.39, 0.29) is 5.56 Å². The van der Waals surface area contributed by atoms with Crippen molar-refractivity contribution in [1.29, 1.82) is 0 Å². The lowest BCUT2D eigenvalue weighted by Crippen LogP contribution is -2.43. The van der Waals surface area contributed by atoms with Crippen LogP contribution in [-0.2, 0) is 16.9 Å². The van der Waals surface area contributed by atoms with E-state index in [0.717, 1.165) is 18.8 Å². The van der Waals surface area contributed by atoms with Crippen molar-refractivity contribution in [2.24, 2.45) is 0 Å². The quantitative estimate of drug-likeness (QED) is 0.487. The van der Waals surface area contributed by atoms with E-state index in [4.69, 9.17) is 9.26 Å². The third kappa shape index (κ3) is 3.73. The van der Waals surface area contributed by atoms with Crippen LogP contribution in [0, 0.1) is 0 Å². The number of ether oxygens (including phenoxy) is 1. The van der Waals surface area contributed by atoms with Gasteiger partial charge >= 0.3 is 0 Å². The summed E-state index contributed by atoms with van der Waals surface area (Å²) in [6.07, 6.45) is 4.81. The summed E-state index contributed by atoms with van der Waals surface area (Å²) >= 11 is 0. The summed E-state index contributed by atoms with van der Waals surface area (Å²) in [5.41, 5.74) is 1.37. The van der Waals surface area contributed by atoms with Crippen molar-refractivity contribution < 1.29 is 9.26 Å². The Morgan fingerprint density at radius 2 is 1.97 bits per heavy atom. The van der Waals surface area contributed by atoms with Crippen LogP contribution in [0.3, 0.4) is 0 Å². The Labute approximate surface area is 178 Å². The molecule has 1 fully saturated rings. The van der Waals surface area contributed by atoms with E-state index >= 15 is 0 Å². The molecule has 158 valence electrons. The van der Waals surface area contributed by atoms with E-state index in [2.05, 4.69) is 25.0 Å². The maximum atomic E-state index is 12.3. The molecule has 0 unspecified atom stereocenters. The zero-order chi connectivity index (χ0) is 21.3. The number of pyridine rings is 2. The second-order valence-electron chi connectivity index (χ2n) is 7.63. The normalized spacial score (nSPS) is 16.5. The highest BCUT2D eigenvalue weighted by Crippen LogP contribution is 2.36. The van der Waals surface area contributed by atoms with Crippen LogP contribution < -0.4 is 5.56 Å². The topological polar surface area (TPSA) is 98.6 Å². The number of rotatable bonds is 5. The summed E-state index contributed by atoms with van der Waals surface area (Å²) in [7, 11) is 1.67. The Bertz CT molecular complexity index is 1240. The lowest BCUT2D eigenvalue weighted by atomic mass is 9.90. The van der Waals surface area contributed by atoms with Gasteiger partial charge in [-0.05, 0) is 37.1 Å². The highest BCUT2D eigenvalue weighted by Gasteiger charge is 2.41. The Hall–Kier alpha value is -3.43. The Balaban J connectivity index is 1.31. The first-order valence-corrected chi connectivity index (χ1v) is 10.2. The van der Waals surface area contributed by atoms with Crippen LogP contribution in [0.1, 0.15) is 24.4 Å². The summed E-state index contributed by atoms with van der Waals surface area (Å²) < 4.78 is 13.0. The standard InChI is InChI=1S/C22H22N6O3/c1-30-22(21-25-20(26-31-21)17-6-2-4-10-23-17)8-12-27(13-9-22)15-16-14-19(29)28-11-5-3-7-18(28)24-16/h2-7,10-11,14H,8-9,12-13,15H2,1H3. The van der Waals surface area contributed by atoms with E-state index in [0.29, 0.717) is 42.4 Å². The SMILES string of the molecule is COC1(c2nc(-c3ccccn3)no2)CCN(Cc2cc(=O)n3ccccc3n2)CC1. The van der Waals surface area contributed by atoms with E-state index < -0.39 is 5.60 Å². The van der Waals surface area contributed by atoms with Crippen molar-refractivity contribution in [3.05, 3.63) is 76.8 Å². The van der Waals surface area contributed by atoms with Crippen molar-refractivity contribution in [3.63, 3.8) is 0 Å². The van der Waals surface area contributed by atoms with Gasteiger partial charge in [-0.25, -0.2) is 4.98 Å². The molecule has 1 saturated heterocycles. The molecule has 0 saturated carbocycles. The summed E-state index contributed by atoms with van der Waals surface area (Å²) in [6.45, 7) is 2.11. The molecule has 0 aromatic carbocycles. The molecule has 9 heteroatoms. The molecule has 0 atom stereocenters. The average Bonchev–Trinajstić information content (AvgIpc) is 3.31. The molecule has 0 spiro atoms. The van der Waals surface area contributed by atoms with E-state index in [1.807, 2.05) is 36.4 Å². The number of hydrogen-bond donors (Lipinski definition) is 0. The summed E-state index contributed by atoms with van der Waals surface area (Å²) in [5.74, 6) is 0.924. The van der Waals surface area contributed by atoms with E-state index in [1.54, 1.807) is 30.0 Å². The number of hydrogen-bond acceptors (Lipinski definition) is 8. The van der Waals surface area contributed by atoms with Gasteiger partial charge in [-0.2, -0.15) is 4.98 Å². The molecular weight excluding hydrogens is 396 g/mol. The van der Waals surface area contributed by atoms with Crippen LogP contribution in [0.4, 0.5) is 0 Å². The van der Waals surface area contributed by atoms with Crippen molar-refractivity contribution in [2.75, 3.05) is 20.2 Å². The highest BCUT2D eigenvalue weighted by molar-refractivity contribution is 5.47. The second-order valence-corrected chi connectivity index (χ2v) is 7.63. The molecular formula is C22H22N6O3. The van der Waals surface area contributed by atoms with Gasteiger partial charge < -0.3 is 9.26 Å². The molecule has 31 heavy (non-hydrogen) atoms. The van der Waals surface area contributed by atoms with Gasteiger partial charge in [0.2, 0.25) is 5.82 Å². The Morgan fingerprint density at radius 1 is 1.13 bits per heavy atom. The van der Waals surface area contributed by atoms with Gasteiger partial charge in [-0.1, -0.05) is 17.3 Å². The molecule has 0 bridgehead atoms. The first kappa shape index (κ1) is 19.5. The minimum Gasteiger partial charge on any atom is -0.368 e. The van der Waals surface area contributed by atoms with Crippen molar-refractivity contribution in [3.8, 4) is 11.5 Å². The number of piperidine rings is 1. The van der Waals surface area contributed by atoms with E-state index in [9.17, 15) is 4.79 Å². The molecule has 9 nitrogen and oxygen atoms in total. The van der Waals surface area contributed by atoms with Gasteiger partial charge in [0.25, 0.3) is 11.4 Å². The minimum absolute atomic E-state index is 0.0724. The van der Waals surface area contributed by atoms with Crippen LogP contribution in [0.5, 0.6) is 0 Å². The zero-order valence-corrected chi connectivity index (χ0v) is 17.1. The Morgan fingerprint density at radius 3 is 2.74 bits per heavy atom. The molecule has 0 aliphatic carbocycles. The fourth-order valence-corrected chi connectivity index (χ4v) is 4.00. The monoisotopic (exact) mass is 418 g/mol. The third-order valence-electron chi connectivity index (χ3n) is 5.77. The van der Waals surface area contributed by atoms with Crippen LogP contribution in [0.15, 0.2) is 64.2 Å². The van der Waals surface area contributed by atoms with Gasteiger partial charge in [-0.15, -0.1) is 0 Å². The smallest absolute Gasteiger partial charge is 0.259 e. The number of nitrogens with zero attached hydrogens (tertiary/aromatic N) is 6. The van der Waals surface area contributed by atoms with Gasteiger partial charge in [-0.3, -0.25) is 19.1 Å². The molecule has 1 aliphatic heterocycles. The number of likely N-dealkylation sites (tertiary alicyclic amines) is 1. The largest absolute Gasteiger partial charge is 0.368 e. The molecule has 4 aromatic rings. The van der Waals surface area contributed by atoms with Gasteiger partial charge in [0.15, 0.2) is 0 Å². The number of fused-ring (bicyclic) bond motifs is 1. The van der Waals surface area contributed by atoms with Crippen LogP contribution in [0.25, 0.3) is 17.2 Å². The number of methoxy groups -OCH3 is 1. The van der Waals surface area contributed by atoms with Crippen LogP contribution in [0.2, 0.25) is 0 Å². The van der Waals surface area contributed by atoms with Gasteiger partial charge in [0.1, 0.15) is 16.9 Å². The van der Waals surface area contributed by atoms with Gasteiger partial charge in [0, 0.05) is 45.2 Å². The van der Waals surface area contributed by atoms with Crippen LogP contribution in [-0.4, -0.2) is 49.6 Å². The molecule has 0 radical (unpaired) electrons. The van der Waals surface area contributed by atoms with Crippen LogP contribution >= 0.6 is 0 Å². The molecule has 5 heterocycles. The summed E-state index contributed by atoms with van der Waals surface area (Å²) in [6, 6.07) is 12.7. The van der Waals surface area contributed by atoms with Crippen molar-refractivity contribution in [1.82, 2.24) is 29.4 Å². The first-order chi connectivity index (χ1) is 15.2. The predicted octanol–water partition coefficient (Wildman–Crippen LogP) is 2.28. The molecule has 5 rings (SSSR count). The highest BCUT2D eigenvalue weighted by atomic mass is 16.5. The maximum absolute atomic E-state index is 12.3. The fraction of sp³-hybridized carbons (Fsp3) is 0.318. The van der Waals surface area contributed by atoms with Gasteiger partial charge in [0.05, 0.1) is 5.69 Å². The fourth-order valence-electron chi connectivity index (χ4n) is 4.00. The Kier molecular flexibility index (Phi) is 5.05. The lowest BCUT2D eigenvalue weighted by Gasteiger charge is -2.38. The average molecular weight is 418 g/mol. The van der Waals surface area contributed by atoms with Crippen molar-refractivity contribution in [2.45, 2.75) is 25.0 Å². The molecule has 1 aliphatic rings. The molecule has 0 amide bonds. The minimum atomic E-state index is -0.632. The molecule has 4 aromatic heterocycles. The maximum Gasteiger partial charge on any atom is 0.259 e. The second kappa shape index (κ2) is 8.01. The predicted molar refractivity (Wildman–Crippen MR) is 112 cm³/mol. The summed E-state index contributed by atoms with van der Waals surface area (Å²) in [5, 5.41) is 4.09. The third-order valence-corrected chi connectivity index (χ3v) is 5.77. The first-order valence-electron chi connectivity index (χ1n) is 10.2. The summed E-state index contributed by atoms with van der Waals surface area (Å²) in [4.78, 5) is 28.1. The molecule has 0 N–H and O–H groups in total. The lowest BCUT2D eigenvalue weighted by molar-refractivity contribution is -0.0839. The van der Waals surface area contributed by atoms with E-state index in [1.165, 1.54) is 0 Å². The van der Waals surface area contributed by atoms with Crippen molar-refractivity contribution >= 4 is 5.65 Å². The zero-order valence-electron chi connectivity index (χ0n) is 17.1.